The summed E-state index contributed by atoms with van der Waals surface area (Å²) in [6, 6.07) is 26.2. The Labute approximate surface area is 339 Å². The van der Waals surface area contributed by atoms with Crippen LogP contribution in [0.25, 0.3) is 21.5 Å². The minimum absolute atomic E-state index is 0.0292. The van der Waals surface area contributed by atoms with Gasteiger partial charge < -0.3 is 18.9 Å². The van der Waals surface area contributed by atoms with Crippen LogP contribution in [0.1, 0.15) is 96.1 Å². The number of carbonyl (C=O) groups excluding carboxylic acids is 2. The molecule has 8 heteroatoms. The van der Waals surface area contributed by atoms with Crippen molar-refractivity contribution < 1.29 is 28.5 Å². The number of ether oxygens (including phenoxy) is 4. The van der Waals surface area contributed by atoms with E-state index in [-0.39, 0.29) is 36.0 Å². The lowest BCUT2D eigenvalue weighted by atomic mass is 9.80. The summed E-state index contributed by atoms with van der Waals surface area (Å²) in [7, 11) is 0. The summed E-state index contributed by atoms with van der Waals surface area (Å²) >= 11 is 0. The Kier molecular flexibility index (Phi) is 12.7. The maximum absolute atomic E-state index is 13.1. The molecule has 2 saturated carbocycles. The van der Waals surface area contributed by atoms with Crippen LogP contribution in [-0.4, -0.2) is 72.8 Å². The number of hydrogen-bond donors (Lipinski definition) is 0. The van der Waals surface area contributed by atoms with Crippen LogP contribution in [0.5, 0.6) is 11.5 Å². The van der Waals surface area contributed by atoms with Crippen molar-refractivity contribution in [2.24, 2.45) is 23.7 Å². The number of hydrogen-bond acceptors (Lipinski definition) is 8. The lowest BCUT2D eigenvalue weighted by molar-refractivity contribution is -0.164. The minimum atomic E-state index is -0.0608. The smallest absolute Gasteiger partial charge is 0.309 e. The fourth-order valence-electron chi connectivity index (χ4n) is 9.55. The van der Waals surface area contributed by atoms with Gasteiger partial charge in [-0.1, -0.05) is 50.2 Å². The van der Waals surface area contributed by atoms with Gasteiger partial charge in [-0.25, -0.2) is 0 Å². The number of benzene rings is 4. The number of likely N-dealkylation sites (tertiary alicyclic amines) is 2. The van der Waals surface area contributed by atoms with Crippen LogP contribution in [0, 0.1) is 23.7 Å². The Hall–Kier alpha value is -4.14. The van der Waals surface area contributed by atoms with Crippen molar-refractivity contribution in [3.63, 3.8) is 0 Å². The molecule has 2 aliphatic carbocycles. The van der Waals surface area contributed by atoms with Gasteiger partial charge in [-0.3, -0.25) is 19.4 Å². The molecule has 0 unspecified atom stereocenters. The van der Waals surface area contributed by atoms with Gasteiger partial charge in [-0.15, -0.1) is 0 Å². The summed E-state index contributed by atoms with van der Waals surface area (Å²) in [6.07, 6.45) is 10.1. The van der Waals surface area contributed by atoms with Crippen LogP contribution in [0.3, 0.4) is 0 Å². The molecule has 57 heavy (non-hydrogen) atoms. The van der Waals surface area contributed by atoms with E-state index in [9.17, 15) is 9.59 Å². The summed E-state index contributed by atoms with van der Waals surface area (Å²) in [5.41, 5.74) is 2.58. The molecule has 0 amide bonds. The van der Waals surface area contributed by atoms with E-state index >= 15 is 0 Å². The first kappa shape index (κ1) is 39.7. The van der Waals surface area contributed by atoms with Crippen molar-refractivity contribution in [2.45, 2.75) is 116 Å². The zero-order valence-corrected chi connectivity index (χ0v) is 34.3. The molecule has 304 valence electrons. The monoisotopic (exact) mass is 774 g/mol. The Morgan fingerprint density at radius 1 is 0.579 bits per heavy atom. The zero-order chi connectivity index (χ0) is 39.3. The Morgan fingerprint density at radius 2 is 1.05 bits per heavy atom. The SMILES string of the molecule is CCOC(=O)C1CCN(Cc2ccc3cc(OC4CC(OC(=O)C5CCN(Cc6ccc7cc(OC8CCC(C(C)C)CC8)ccc7c6)CC5)C4)ccc3c2)CC1. The molecular formula is C49H62N2O6. The summed E-state index contributed by atoms with van der Waals surface area (Å²) in [5.74, 6) is 3.37. The first-order valence-corrected chi connectivity index (χ1v) is 21.9. The van der Waals surface area contributed by atoms with Crippen molar-refractivity contribution in [3.8, 4) is 11.5 Å². The van der Waals surface area contributed by atoms with Crippen LogP contribution >= 0.6 is 0 Å². The van der Waals surface area contributed by atoms with Crippen molar-refractivity contribution >= 4 is 33.5 Å². The standard InChI is InChI=1S/C49H62N2O6/c1-4-54-48(52)37-17-21-50(22-18-37)31-34-6-8-42-28-45(16-12-40(42)26-34)56-46-29-47(30-46)57-49(53)38-19-23-51(24-20-38)32-35-5-7-41-27-44(15-11-39(41)25-35)55-43-13-9-36(10-14-43)33(2)3/h5-8,11-12,15-16,25-28,33,36-38,43,46-47H,4,9-10,13-14,17-24,29-32H2,1-3H3. The first-order valence-electron chi connectivity index (χ1n) is 21.9. The lowest BCUT2D eigenvalue weighted by Gasteiger charge is -2.37. The fourth-order valence-corrected chi connectivity index (χ4v) is 9.55. The number of fused-ring (bicyclic) bond motifs is 2. The van der Waals surface area contributed by atoms with Crippen LogP contribution in [-0.2, 0) is 32.2 Å². The first-order chi connectivity index (χ1) is 27.7. The van der Waals surface area contributed by atoms with E-state index in [0.717, 1.165) is 119 Å². The van der Waals surface area contributed by atoms with Gasteiger partial charge in [0.05, 0.1) is 24.5 Å². The second-order valence-corrected chi connectivity index (χ2v) is 17.7. The maximum Gasteiger partial charge on any atom is 0.309 e. The van der Waals surface area contributed by atoms with E-state index in [4.69, 9.17) is 18.9 Å². The van der Waals surface area contributed by atoms with Crippen LogP contribution in [0.4, 0.5) is 0 Å². The molecule has 8 rings (SSSR count). The predicted molar refractivity (Wildman–Crippen MR) is 225 cm³/mol. The van der Waals surface area contributed by atoms with Crippen molar-refractivity contribution in [1.29, 1.82) is 0 Å². The van der Waals surface area contributed by atoms with Gasteiger partial charge in [0.15, 0.2) is 0 Å². The minimum Gasteiger partial charge on any atom is -0.490 e. The third kappa shape index (κ3) is 10.1. The number of carbonyl (C=O) groups is 2. The van der Waals surface area contributed by atoms with Gasteiger partial charge in [-0.2, -0.15) is 0 Å². The zero-order valence-electron chi connectivity index (χ0n) is 34.3. The molecule has 2 saturated heterocycles. The Bertz CT molecular complexity index is 1980. The molecule has 0 bridgehead atoms. The largest absolute Gasteiger partial charge is 0.490 e. The normalized spacial score (nSPS) is 24.0. The Balaban J connectivity index is 0.732. The number of rotatable bonds is 13. The molecule has 4 fully saturated rings. The number of esters is 2. The second-order valence-electron chi connectivity index (χ2n) is 17.7. The van der Waals surface area contributed by atoms with Crippen LogP contribution < -0.4 is 9.47 Å². The van der Waals surface area contributed by atoms with E-state index in [2.05, 4.69) is 90.4 Å². The third-order valence-electron chi connectivity index (χ3n) is 13.3. The molecule has 2 heterocycles. The molecule has 0 spiro atoms. The molecule has 0 radical (unpaired) electrons. The number of piperidine rings is 2. The van der Waals surface area contributed by atoms with Gasteiger partial charge in [-0.05, 0) is 165 Å². The molecule has 0 N–H and O–H groups in total. The van der Waals surface area contributed by atoms with Gasteiger partial charge in [0.1, 0.15) is 23.7 Å². The highest BCUT2D eigenvalue weighted by Gasteiger charge is 2.36. The average molecular weight is 775 g/mol. The Morgan fingerprint density at radius 3 is 1.56 bits per heavy atom. The van der Waals surface area contributed by atoms with Crippen LogP contribution in [0.2, 0.25) is 0 Å². The molecular weight excluding hydrogens is 713 g/mol. The highest BCUT2D eigenvalue weighted by Crippen LogP contribution is 2.34. The van der Waals surface area contributed by atoms with Crippen molar-refractivity contribution in [1.82, 2.24) is 9.80 Å². The molecule has 4 aliphatic rings. The van der Waals surface area contributed by atoms with E-state index < -0.39 is 0 Å². The second kappa shape index (κ2) is 18.2. The van der Waals surface area contributed by atoms with Crippen molar-refractivity contribution in [2.75, 3.05) is 32.8 Å². The summed E-state index contributed by atoms with van der Waals surface area (Å²) in [5, 5.41) is 4.82. The van der Waals surface area contributed by atoms with E-state index in [1.807, 2.05) is 13.0 Å². The molecule has 2 aliphatic heterocycles. The summed E-state index contributed by atoms with van der Waals surface area (Å²) < 4.78 is 23.9. The molecule has 0 aromatic heterocycles. The van der Waals surface area contributed by atoms with Crippen molar-refractivity contribution in [3.05, 3.63) is 83.9 Å². The van der Waals surface area contributed by atoms with E-state index in [1.54, 1.807) is 0 Å². The highest BCUT2D eigenvalue weighted by molar-refractivity contribution is 5.85. The lowest BCUT2D eigenvalue weighted by Crippen LogP contribution is -2.43. The molecule has 4 aromatic carbocycles. The molecule has 0 atom stereocenters. The van der Waals surface area contributed by atoms with Gasteiger partial charge in [0, 0.05) is 25.9 Å². The van der Waals surface area contributed by atoms with Gasteiger partial charge in [0.25, 0.3) is 0 Å². The summed E-state index contributed by atoms with van der Waals surface area (Å²) in [4.78, 5) is 30.1. The third-order valence-corrected chi connectivity index (χ3v) is 13.3. The molecule has 4 aromatic rings. The van der Waals surface area contributed by atoms with E-state index in [0.29, 0.717) is 12.7 Å². The van der Waals surface area contributed by atoms with Crippen LogP contribution in [0.15, 0.2) is 72.8 Å². The average Bonchev–Trinajstić information content (AvgIpc) is 3.21. The fraction of sp³-hybridized carbons (Fsp3) is 0.551. The molecule has 8 nitrogen and oxygen atoms in total. The predicted octanol–water partition coefficient (Wildman–Crippen LogP) is 9.73. The summed E-state index contributed by atoms with van der Waals surface area (Å²) in [6.45, 7) is 12.4. The highest BCUT2D eigenvalue weighted by atomic mass is 16.6. The van der Waals surface area contributed by atoms with Gasteiger partial charge >= 0.3 is 11.9 Å². The topological polar surface area (TPSA) is 77.5 Å². The van der Waals surface area contributed by atoms with Gasteiger partial charge in [0.2, 0.25) is 0 Å². The number of nitrogens with zero attached hydrogens (tertiary/aromatic N) is 2. The van der Waals surface area contributed by atoms with E-state index in [1.165, 1.54) is 40.1 Å². The quantitative estimate of drug-likeness (QED) is 0.124. The maximum atomic E-state index is 13.1.